The zero-order valence-electron chi connectivity index (χ0n) is 29.1. The SMILES string of the molecule is CCCCCCCCCCCCCCCCCCCCCCCCCC(=O)N[C@H](CC1O[C@H](CO)[C@H](O)[C@H](O)[C@H]1O)[C@H](F)CC. The van der Waals surface area contributed by atoms with Crippen LogP contribution < -0.4 is 5.32 Å². The van der Waals surface area contributed by atoms with Gasteiger partial charge < -0.3 is 30.5 Å². The number of carbonyl (C=O) groups is 1. The van der Waals surface area contributed by atoms with Crippen molar-refractivity contribution in [3.63, 3.8) is 0 Å². The van der Waals surface area contributed by atoms with Gasteiger partial charge in [0.25, 0.3) is 0 Å². The minimum atomic E-state index is -1.51. The van der Waals surface area contributed by atoms with Crippen LogP contribution in [0.1, 0.15) is 181 Å². The molecule has 1 heterocycles. The van der Waals surface area contributed by atoms with E-state index in [9.17, 15) is 29.6 Å². The number of amides is 1. The van der Waals surface area contributed by atoms with Gasteiger partial charge in [-0.1, -0.05) is 155 Å². The van der Waals surface area contributed by atoms with Crippen LogP contribution in [0.3, 0.4) is 0 Å². The first-order chi connectivity index (χ1) is 21.8. The fourth-order valence-corrected chi connectivity index (χ4v) is 6.56. The van der Waals surface area contributed by atoms with Crippen molar-refractivity contribution in [2.45, 2.75) is 224 Å². The van der Waals surface area contributed by atoms with E-state index in [1.807, 2.05) is 0 Å². The third-order valence-corrected chi connectivity index (χ3v) is 9.66. The Balaban J connectivity index is 1.98. The number of ether oxygens (including phenoxy) is 1. The number of unbranched alkanes of at least 4 members (excludes halogenated alkanes) is 22. The average Bonchev–Trinajstić information content (AvgIpc) is 3.04. The Morgan fingerprint density at radius 1 is 0.622 bits per heavy atom. The minimum absolute atomic E-state index is 0.0540. The molecule has 0 bridgehead atoms. The van der Waals surface area contributed by atoms with Crippen molar-refractivity contribution in [1.29, 1.82) is 0 Å². The van der Waals surface area contributed by atoms with E-state index in [-0.39, 0.29) is 18.7 Å². The van der Waals surface area contributed by atoms with Gasteiger partial charge in [0.15, 0.2) is 0 Å². The summed E-state index contributed by atoms with van der Waals surface area (Å²) in [5, 5.41) is 42.5. The highest BCUT2D eigenvalue weighted by atomic mass is 19.1. The maximum atomic E-state index is 14.7. The minimum Gasteiger partial charge on any atom is -0.394 e. The fraction of sp³-hybridized carbons (Fsp3) is 0.973. The predicted octanol–water partition coefficient (Wildman–Crippen LogP) is 7.83. The van der Waals surface area contributed by atoms with Crippen molar-refractivity contribution in [3.8, 4) is 0 Å². The van der Waals surface area contributed by atoms with Gasteiger partial charge in [-0.2, -0.15) is 0 Å². The van der Waals surface area contributed by atoms with Crippen LogP contribution in [-0.2, 0) is 9.53 Å². The summed E-state index contributed by atoms with van der Waals surface area (Å²) in [6, 6.07) is -0.881. The fourth-order valence-electron chi connectivity index (χ4n) is 6.56. The molecular weight excluding hydrogens is 573 g/mol. The van der Waals surface area contributed by atoms with Gasteiger partial charge in [0.05, 0.1) is 18.8 Å². The second kappa shape index (κ2) is 28.2. The van der Waals surface area contributed by atoms with Crippen molar-refractivity contribution < 1.29 is 34.3 Å². The molecule has 0 radical (unpaired) electrons. The molecule has 1 aliphatic heterocycles. The molecule has 5 N–H and O–H groups in total. The van der Waals surface area contributed by atoms with Crippen molar-refractivity contribution in [1.82, 2.24) is 5.32 Å². The summed E-state index contributed by atoms with van der Waals surface area (Å²) in [6.45, 7) is 3.42. The number of carbonyl (C=O) groups excluding carboxylic acids is 1. The second-order valence-electron chi connectivity index (χ2n) is 13.7. The maximum absolute atomic E-state index is 14.7. The third kappa shape index (κ3) is 20.2. The van der Waals surface area contributed by atoms with Crippen LogP contribution >= 0.6 is 0 Å². The molecule has 0 aromatic rings. The molecule has 1 unspecified atom stereocenters. The lowest BCUT2D eigenvalue weighted by Gasteiger charge is -2.41. The van der Waals surface area contributed by atoms with E-state index in [0.717, 1.165) is 19.3 Å². The number of aliphatic hydroxyl groups excluding tert-OH is 4. The van der Waals surface area contributed by atoms with Crippen LogP contribution in [0.2, 0.25) is 0 Å². The van der Waals surface area contributed by atoms with E-state index >= 15 is 0 Å². The molecule has 0 aromatic heterocycles. The second-order valence-corrected chi connectivity index (χ2v) is 13.7. The standard InChI is InChI=1S/C37H72FNO6/c1-3-5-6-7-8-9-10-11-12-13-14-15-16-17-18-19-20-21-22-23-24-25-26-27-34(41)39-31(30(38)4-2)28-32-35(42)37(44)36(43)33(29-40)45-32/h30-33,35-37,40,42-44H,3-29H2,1-2H3,(H,39,41)/t30-,31-,32?,33-,35+,36+,37-/m1/s1. The van der Waals surface area contributed by atoms with Gasteiger partial charge in [-0.15, -0.1) is 0 Å². The first-order valence-corrected chi connectivity index (χ1v) is 19.1. The van der Waals surface area contributed by atoms with Crippen LogP contribution in [0.15, 0.2) is 0 Å². The number of halogens is 1. The number of hydrogen-bond donors (Lipinski definition) is 5. The zero-order valence-corrected chi connectivity index (χ0v) is 29.1. The quantitative estimate of drug-likeness (QED) is 0.0508. The van der Waals surface area contributed by atoms with Crippen LogP contribution in [-0.4, -0.2) is 75.7 Å². The van der Waals surface area contributed by atoms with E-state index in [0.29, 0.717) is 6.42 Å². The molecule has 45 heavy (non-hydrogen) atoms. The average molecular weight is 646 g/mol. The van der Waals surface area contributed by atoms with Crippen LogP contribution in [0.5, 0.6) is 0 Å². The first-order valence-electron chi connectivity index (χ1n) is 19.1. The molecule has 7 atom stereocenters. The molecular formula is C37H72FNO6. The normalized spacial score (nSPS) is 23.2. The van der Waals surface area contributed by atoms with Gasteiger partial charge in [0.2, 0.25) is 5.91 Å². The summed E-state index contributed by atoms with van der Waals surface area (Å²) in [7, 11) is 0. The Morgan fingerprint density at radius 3 is 1.38 bits per heavy atom. The molecule has 0 spiro atoms. The van der Waals surface area contributed by atoms with E-state index in [2.05, 4.69) is 12.2 Å². The van der Waals surface area contributed by atoms with Gasteiger partial charge in [0, 0.05) is 6.42 Å². The van der Waals surface area contributed by atoms with Gasteiger partial charge >= 0.3 is 0 Å². The number of aliphatic hydroxyl groups is 4. The lowest BCUT2D eigenvalue weighted by atomic mass is 9.90. The Bertz CT molecular complexity index is 683. The Hall–Kier alpha value is -0.800. The van der Waals surface area contributed by atoms with Crippen LogP contribution in [0.4, 0.5) is 4.39 Å². The van der Waals surface area contributed by atoms with Gasteiger partial charge in [-0.25, -0.2) is 4.39 Å². The lowest BCUT2D eigenvalue weighted by molar-refractivity contribution is -0.232. The Labute approximate surface area is 275 Å². The number of rotatable bonds is 30. The van der Waals surface area contributed by atoms with E-state index in [1.54, 1.807) is 6.92 Å². The molecule has 7 nitrogen and oxygen atoms in total. The molecule has 8 heteroatoms. The largest absolute Gasteiger partial charge is 0.394 e. The van der Waals surface area contributed by atoms with Crippen LogP contribution in [0, 0.1) is 0 Å². The molecule has 0 aromatic carbocycles. The van der Waals surface area contributed by atoms with Crippen molar-refractivity contribution in [2.75, 3.05) is 6.61 Å². The molecule has 0 aliphatic carbocycles. The van der Waals surface area contributed by atoms with E-state index < -0.39 is 49.3 Å². The number of alkyl halides is 1. The molecule has 268 valence electrons. The van der Waals surface area contributed by atoms with Crippen molar-refractivity contribution in [3.05, 3.63) is 0 Å². The molecule has 1 saturated heterocycles. The highest BCUT2D eigenvalue weighted by molar-refractivity contribution is 5.76. The maximum Gasteiger partial charge on any atom is 0.220 e. The molecule has 0 saturated carbocycles. The van der Waals surface area contributed by atoms with Crippen LogP contribution in [0.25, 0.3) is 0 Å². The van der Waals surface area contributed by atoms with E-state index in [1.165, 1.54) is 128 Å². The Morgan fingerprint density at radius 2 is 1.00 bits per heavy atom. The topological polar surface area (TPSA) is 119 Å². The number of hydrogen-bond acceptors (Lipinski definition) is 6. The molecule has 1 amide bonds. The summed E-state index contributed by atoms with van der Waals surface area (Å²) < 4.78 is 20.2. The summed E-state index contributed by atoms with van der Waals surface area (Å²) in [6.07, 6.45) is 23.0. The zero-order chi connectivity index (χ0) is 33.1. The molecule has 1 rings (SSSR count). The van der Waals surface area contributed by atoms with E-state index in [4.69, 9.17) is 4.74 Å². The number of nitrogens with one attached hydrogen (secondary N) is 1. The summed E-state index contributed by atoms with van der Waals surface area (Å²) in [5.74, 6) is -0.232. The highest BCUT2D eigenvalue weighted by Crippen LogP contribution is 2.26. The summed E-state index contributed by atoms with van der Waals surface area (Å²) in [4.78, 5) is 12.5. The van der Waals surface area contributed by atoms with Gasteiger partial charge in [-0.05, 0) is 19.3 Å². The Kier molecular flexibility index (Phi) is 26.5. The van der Waals surface area contributed by atoms with Crippen molar-refractivity contribution >= 4 is 5.91 Å². The smallest absolute Gasteiger partial charge is 0.220 e. The lowest BCUT2D eigenvalue weighted by Crippen LogP contribution is -2.60. The third-order valence-electron chi connectivity index (χ3n) is 9.66. The predicted molar refractivity (Wildman–Crippen MR) is 182 cm³/mol. The molecule has 1 aliphatic rings. The first kappa shape index (κ1) is 42.2. The summed E-state index contributed by atoms with van der Waals surface area (Å²) >= 11 is 0. The monoisotopic (exact) mass is 646 g/mol. The van der Waals surface area contributed by atoms with Gasteiger partial charge in [-0.3, -0.25) is 4.79 Å². The van der Waals surface area contributed by atoms with Crippen molar-refractivity contribution in [2.24, 2.45) is 0 Å². The highest BCUT2D eigenvalue weighted by Gasteiger charge is 2.44. The summed E-state index contributed by atoms with van der Waals surface area (Å²) in [5.41, 5.74) is 0. The molecule has 1 fully saturated rings. The van der Waals surface area contributed by atoms with Gasteiger partial charge in [0.1, 0.15) is 30.6 Å².